The van der Waals surface area contributed by atoms with Crippen LogP contribution in [0.2, 0.25) is 0 Å². The minimum absolute atomic E-state index is 0.282. The number of aliphatic hydroxyl groups is 1. The number of fused-ring (bicyclic) bond motifs is 1. The standard InChI is InChI=1S/C16H21NO/c1-13(17-11-4-5-12-18)15-10-6-8-14-7-2-3-9-16(14)15/h2-3,6-10,13,17-18H,4-5,11-12H2,1H3. The number of hydrogen-bond acceptors (Lipinski definition) is 2. The summed E-state index contributed by atoms with van der Waals surface area (Å²) in [6, 6.07) is 15.3. The lowest BCUT2D eigenvalue weighted by molar-refractivity contribution is 0.283. The quantitative estimate of drug-likeness (QED) is 0.763. The molecule has 0 amide bonds. The predicted octanol–water partition coefficient (Wildman–Crippen LogP) is 3.26. The van der Waals surface area contributed by atoms with Gasteiger partial charge in [0.2, 0.25) is 0 Å². The molecule has 2 heteroatoms. The van der Waals surface area contributed by atoms with Gasteiger partial charge in [-0.2, -0.15) is 0 Å². The van der Waals surface area contributed by atoms with Crippen molar-refractivity contribution in [2.75, 3.05) is 13.2 Å². The van der Waals surface area contributed by atoms with Gasteiger partial charge in [0.25, 0.3) is 0 Å². The first-order valence-electron chi connectivity index (χ1n) is 6.65. The minimum Gasteiger partial charge on any atom is -0.396 e. The number of hydrogen-bond donors (Lipinski definition) is 2. The molecule has 0 spiro atoms. The van der Waals surface area contributed by atoms with Gasteiger partial charge in [-0.3, -0.25) is 0 Å². The fourth-order valence-corrected chi connectivity index (χ4v) is 2.29. The lowest BCUT2D eigenvalue weighted by Gasteiger charge is -2.16. The second kappa shape index (κ2) is 6.53. The molecule has 0 radical (unpaired) electrons. The first-order valence-corrected chi connectivity index (χ1v) is 6.65. The first kappa shape index (κ1) is 13.1. The molecule has 2 rings (SSSR count). The Hall–Kier alpha value is -1.38. The van der Waals surface area contributed by atoms with Crippen LogP contribution < -0.4 is 5.32 Å². The van der Waals surface area contributed by atoms with Crippen LogP contribution in [-0.4, -0.2) is 18.3 Å². The van der Waals surface area contributed by atoms with Crippen LogP contribution in [0.25, 0.3) is 10.8 Å². The van der Waals surface area contributed by atoms with Gasteiger partial charge >= 0.3 is 0 Å². The Morgan fingerprint density at radius 2 is 1.83 bits per heavy atom. The summed E-state index contributed by atoms with van der Waals surface area (Å²) in [5, 5.41) is 14.9. The second-order valence-electron chi connectivity index (χ2n) is 4.67. The molecule has 0 aliphatic rings. The Bertz CT molecular complexity index is 490. The maximum absolute atomic E-state index is 8.76. The normalized spacial score (nSPS) is 12.8. The molecule has 0 fully saturated rings. The monoisotopic (exact) mass is 243 g/mol. The summed E-state index contributed by atoms with van der Waals surface area (Å²) in [4.78, 5) is 0. The highest BCUT2D eigenvalue weighted by Gasteiger charge is 2.07. The molecular formula is C16H21NO. The van der Waals surface area contributed by atoms with Crippen molar-refractivity contribution < 1.29 is 5.11 Å². The van der Waals surface area contributed by atoms with Gasteiger partial charge in [-0.25, -0.2) is 0 Å². The third-order valence-corrected chi connectivity index (χ3v) is 3.33. The summed E-state index contributed by atoms with van der Waals surface area (Å²) in [6.07, 6.45) is 1.89. The summed E-state index contributed by atoms with van der Waals surface area (Å²) in [5.41, 5.74) is 1.34. The lowest BCUT2D eigenvalue weighted by Crippen LogP contribution is -2.20. The molecule has 2 nitrogen and oxygen atoms in total. The molecule has 0 bridgehead atoms. The Morgan fingerprint density at radius 1 is 1.06 bits per heavy atom. The van der Waals surface area contributed by atoms with Crippen molar-refractivity contribution in [1.29, 1.82) is 0 Å². The van der Waals surface area contributed by atoms with Gasteiger partial charge in [0.15, 0.2) is 0 Å². The molecule has 18 heavy (non-hydrogen) atoms. The van der Waals surface area contributed by atoms with E-state index in [1.165, 1.54) is 16.3 Å². The van der Waals surface area contributed by atoms with Gasteiger partial charge < -0.3 is 10.4 Å². The first-order chi connectivity index (χ1) is 8.83. The zero-order chi connectivity index (χ0) is 12.8. The van der Waals surface area contributed by atoms with Crippen molar-refractivity contribution in [2.45, 2.75) is 25.8 Å². The van der Waals surface area contributed by atoms with Crippen LogP contribution in [0.5, 0.6) is 0 Å². The molecule has 0 aliphatic heterocycles. The zero-order valence-corrected chi connectivity index (χ0v) is 10.9. The summed E-state index contributed by atoms with van der Waals surface area (Å²) in [5.74, 6) is 0. The maximum atomic E-state index is 8.76. The van der Waals surface area contributed by atoms with E-state index in [-0.39, 0.29) is 6.61 Å². The molecule has 1 atom stereocenters. The molecule has 96 valence electrons. The summed E-state index contributed by atoms with van der Waals surface area (Å²) >= 11 is 0. The van der Waals surface area contributed by atoms with E-state index in [0.717, 1.165) is 19.4 Å². The molecule has 0 saturated carbocycles. The molecule has 2 N–H and O–H groups in total. The Kier molecular flexibility index (Phi) is 4.73. The smallest absolute Gasteiger partial charge is 0.0431 e. The predicted molar refractivity (Wildman–Crippen MR) is 76.7 cm³/mol. The van der Waals surface area contributed by atoms with Crippen LogP contribution in [-0.2, 0) is 0 Å². The van der Waals surface area contributed by atoms with E-state index in [1.54, 1.807) is 0 Å². The highest BCUT2D eigenvalue weighted by molar-refractivity contribution is 5.86. The van der Waals surface area contributed by atoms with Crippen LogP contribution in [0.3, 0.4) is 0 Å². The van der Waals surface area contributed by atoms with Crippen molar-refractivity contribution in [3.8, 4) is 0 Å². The lowest BCUT2D eigenvalue weighted by atomic mass is 9.99. The molecule has 0 aliphatic carbocycles. The summed E-state index contributed by atoms with van der Waals surface area (Å²) in [7, 11) is 0. The Morgan fingerprint density at radius 3 is 2.67 bits per heavy atom. The molecule has 0 aromatic heterocycles. The third-order valence-electron chi connectivity index (χ3n) is 3.33. The van der Waals surface area contributed by atoms with Crippen molar-refractivity contribution >= 4 is 10.8 Å². The van der Waals surface area contributed by atoms with Crippen molar-refractivity contribution in [3.63, 3.8) is 0 Å². The van der Waals surface area contributed by atoms with Gasteiger partial charge in [-0.15, -0.1) is 0 Å². The molecule has 2 aromatic rings. The second-order valence-corrected chi connectivity index (χ2v) is 4.67. The van der Waals surface area contributed by atoms with Gasteiger partial charge in [0.05, 0.1) is 0 Å². The van der Waals surface area contributed by atoms with Gasteiger partial charge in [0.1, 0.15) is 0 Å². The SMILES string of the molecule is CC(NCCCCO)c1cccc2ccccc12. The Labute approximate surface area is 109 Å². The number of unbranched alkanes of at least 4 members (excludes halogenated alkanes) is 1. The average molecular weight is 243 g/mol. The van der Waals surface area contributed by atoms with Gasteiger partial charge in [-0.1, -0.05) is 42.5 Å². The van der Waals surface area contributed by atoms with Crippen molar-refractivity contribution in [1.82, 2.24) is 5.32 Å². The molecule has 0 heterocycles. The number of rotatable bonds is 6. The van der Waals surface area contributed by atoms with E-state index in [4.69, 9.17) is 5.11 Å². The van der Waals surface area contributed by atoms with Crippen molar-refractivity contribution in [2.24, 2.45) is 0 Å². The van der Waals surface area contributed by atoms with Gasteiger partial charge in [0, 0.05) is 12.6 Å². The number of benzene rings is 2. The van der Waals surface area contributed by atoms with Crippen LogP contribution in [0.1, 0.15) is 31.4 Å². The van der Waals surface area contributed by atoms with Crippen LogP contribution >= 0.6 is 0 Å². The Balaban J connectivity index is 2.10. The van der Waals surface area contributed by atoms with E-state index >= 15 is 0 Å². The molecule has 0 saturated heterocycles. The number of aliphatic hydroxyl groups excluding tert-OH is 1. The maximum Gasteiger partial charge on any atom is 0.0431 e. The van der Waals surface area contributed by atoms with Crippen molar-refractivity contribution in [3.05, 3.63) is 48.0 Å². The van der Waals surface area contributed by atoms with Gasteiger partial charge in [-0.05, 0) is 42.6 Å². The highest BCUT2D eigenvalue weighted by atomic mass is 16.2. The van der Waals surface area contributed by atoms with Crippen LogP contribution in [0.4, 0.5) is 0 Å². The number of nitrogens with one attached hydrogen (secondary N) is 1. The fraction of sp³-hybridized carbons (Fsp3) is 0.375. The summed E-state index contributed by atoms with van der Waals surface area (Å²) in [6.45, 7) is 3.43. The van der Waals surface area contributed by atoms with E-state index in [9.17, 15) is 0 Å². The summed E-state index contributed by atoms with van der Waals surface area (Å²) < 4.78 is 0. The molecule has 2 aromatic carbocycles. The average Bonchev–Trinajstić information content (AvgIpc) is 2.43. The minimum atomic E-state index is 0.282. The topological polar surface area (TPSA) is 32.3 Å². The van der Waals surface area contributed by atoms with E-state index in [0.29, 0.717) is 6.04 Å². The van der Waals surface area contributed by atoms with E-state index < -0.39 is 0 Å². The van der Waals surface area contributed by atoms with E-state index in [1.807, 2.05) is 0 Å². The molecule has 1 unspecified atom stereocenters. The highest BCUT2D eigenvalue weighted by Crippen LogP contribution is 2.23. The zero-order valence-electron chi connectivity index (χ0n) is 10.9. The van der Waals surface area contributed by atoms with Crippen LogP contribution in [0, 0.1) is 0 Å². The van der Waals surface area contributed by atoms with E-state index in [2.05, 4.69) is 54.7 Å². The fourth-order valence-electron chi connectivity index (χ4n) is 2.29. The third kappa shape index (κ3) is 3.09. The molecular weight excluding hydrogens is 222 g/mol. The van der Waals surface area contributed by atoms with Crippen LogP contribution in [0.15, 0.2) is 42.5 Å². The largest absolute Gasteiger partial charge is 0.396 e.